The number of aryl methyl sites for hydroxylation is 3. The van der Waals surface area contributed by atoms with Gasteiger partial charge in [0.05, 0.1) is 19.3 Å². The van der Waals surface area contributed by atoms with E-state index < -0.39 is 21.4 Å². The van der Waals surface area contributed by atoms with E-state index in [-0.39, 0.29) is 18.3 Å². The summed E-state index contributed by atoms with van der Waals surface area (Å²) in [5, 5.41) is 11.6. The molecule has 4 rings (SSSR count). The molecule has 1 N–H and O–H groups in total. The third kappa shape index (κ3) is 6.28. The second kappa shape index (κ2) is 12.5. The van der Waals surface area contributed by atoms with Gasteiger partial charge in [-0.25, -0.2) is 23.4 Å². The molecule has 14 heteroatoms. The second-order valence-electron chi connectivity index (χ2n) is 9.28. The Morgan fingerprint density at radius 2 is 1.88 bits per heavy atom. The highest BCUT2D eigenvalue weighted by Gasteiger charge is 2.35. The molecular formula is C26H34N8O5S. The predicted molar refractivity (Wildman–Crippen MR) is 147 cm³/mol. The summed E-state index contributed by atoms with van der Waals surface area (Å²) in [7, 11) is -2.56. The molecule has 214 valence electrons. The molecular weight excluding hydrogens is 536 g/mol. The van der Waals surface area contributed by atoms with Crippen molar-refractivity contribution in [2.75, 3.05) is 18.4 Å². The maximum Gasteiger partial charge on any atom is 0.240 e. The maximum atomic E-state index is 13.7. The highest BCUT2D eigenvalue weighted by Crippen LogP contribution is 2.28. The first kappa shape index (κ1) is 29.1. The summed E-state index contributed by atoms with van der Waals surface area (Å²) < 4.78 is 48.4. The van der Waals surface area contributed by atoms with E-state index in [2.05, 4.69) is 35.0 Å². The molecule has 0 aromatic carbocycles. The van der Waals surface area contributed by atoms with E-state index in [1.165, 1.54) is 7.11 Å². The van der Waals surface area contributed by atoms with Crippen molar-refractivity contribution in [3.8, 4) is 17.4 Å². The van der Waals surface area contributed by atoms with Gasteiger partial charge in [0.25, 0.3) is 0 Å². The number of aromatic nitrogens is 7. The van der Waals surface area contributed by atoms with Crippen LogP contribution in [0.2, 0.25) is 0 Å². The number of ether oxygens (including phenoxy) is 2. The normalized spacial score (nSPS) is 13.2. The summed E-state index contributed by atoms with van der Waals surface area (Å²) in [6.07, 6.45) is 3.70. The van der Waals surface area contributed by atoms with Gasteiger partial charge in [0.2, 0.25) is 21.9 Å². The van der Waals surface area contributed by atoms with E-state index >= 15 is 0 Å². The Morgan fingerprint density at radius 1 is 1.12 bits per heavy atom. The first-order valence-corrected chi connectivity index (χ1v) is 14.5. The zero-order valence-corrected chi connectivity index (χ0v) is 24.3. The SMILES string of the molecule is CCCO[C@@H](c1ncc(C)cn1)[C@H](C)S(=O)(=O)Nc1nnc(-c2cccc(OC)n2)n1Cc1c(CC)noc1C. The number of hydrogen-bond donors (Lipinski definition) is 1. The van der Waals surface area contributed by atoms with Crippen LogP contribution in [0.25, 0.3) is 11.5 Å². The highest BCUT2D eigenvalue weighted by atomic mass is 32.2. The summed E-state index contributed by atoms with van der Waals surface area (Å²) in [6, 6.07) is 5.22. The summed E-state index contributed by atoms with van der Waals surface area (Å²) in [5.41, 5.74) is 2.86. The molecule has 0 spiro atoms. The zero-order chi connectivity index (χ0) is 28.9. The number of nitrogens with zero attached hydrogens (tertiary/aromatic N) is 7. The van der Waals surface area contributed by atoms with Gasteiger partial charge in [-0.05, 0) is 45.2 Å². The van der Waals surface area contributed by atoms with Crippen molar-refractivity contribution >= 4 is 16.0 Å². The molecule has 0 saturated heterocycles. The molecule has 0 saturated carbocycles. The minimum atomic E-state index is -4.07. The minimum absolute atomic E-state index is 0.00758. The van der Waals surface area contributed by atoms with Crippen LogP contribution in [-0.4, -0.2) is 62.3 Å². The average molecular weight is 571 g/mol. The number of nitrogens with one attached hydrogen (secondary N) is 1. The van der Waals surface area contributed by atoms with Gasteiger partial charge in [0.1, 0.15) is 22.8 Å². The van der Waals surface area contributed by atoms with Crippen LogP contribution in [0, 0.1) is 13.8 Å². The van der Waals surface area contributed by atoms with Crippen LogP contribution < -0.4 is 9.46 Å². The molecule has 0 aliphatic rings. The molecule has 0 unspecified atom stereocenters. The van der Waals surface area contributed by atoms with Crippen LogP contribution in [0.3, 0.4) is 0 Å². The summed E-state index contributed by atoms with van der Waals surface area (Å²) in [5.74, 6) is 1.63. The van der Waals surface area contributed by atoms with Gasteiger partial charge in [0.15, 0.2) is 11.6 Å². The first-order valence-electron chi connectivity index (χ1n) is 13.0. The van der Waals surface area contributed by atoms with Crippen LogP contribution in [0.5, 0.6) is 5.88 Å². The monoisotopic (exact) mass is 570 g/mol. The lowest BCUT2D eigenvalue weighted by molar-refractivity contribution is 0.0466. The molecule has 13 nitrogen and oxygen atoms in total. The number of methoxy groups -OCH3 is 1. The smallest absolute Gasteiger partial charge is 0.240 e. The van der Waals surface area contributed by atoms with E-state index in [0.717, 1.165) is 16.8 Å². The van der Waals surface area contributed by atoms with Gasteiger partial charge in [0, 0.05) is 30.6 Å². The van der Waals surface area contributed by atoms with Gasteiger partial charge in [-0.1, -0.05) is 25.1 Å². The van der Waals surface area contributed by atoms with Crippen molar-refractivity contribution in [3.05, 3.63) is 59.0 Å². The Bertz CT molecular complexity index is 1530. The number of anilines is 1. The summed E-state index contributed by atoms with van der Waals surface area (Å²) in [6.45, 7) is 9.66. The second-order valence-corrected chi connectivity index (χ2v) is 11.3. The quantitative estimate of drug-likeness (QED) is 0.250. The van der Waals surface area contributed by atoms with Crippen molar-refractivity contribution in [3.63, 3.8) is 0 Å². The van der Waals surface area contributed by atoms with Gasteiger partial charge >= 0.3 is 0 Å². The molecule has 0 aliphatic heterocycles. The van der Waals surface area contributed by atoms with Gasteiger partial charge in [-0.15, -0.1) is 10.2 Å². The third-order valence-corrected chi connectivity index (χ3v) is 8.03. The first-order chi connectivity index (χ1) is 19.2. The Labute approximate surface area is 233 Å². The van der Waals surface area contributed by atoms with E-state index in [9.17, 15) is 8.42 Å². The van der Waals surface area contributed by atoms with Crippen LogP contribution in [-0.2, 0) is 27.7 Å². The summed E-state index contributed by atoms with van der Waals surface area (Å²) in [4.78, 5) is 13.1. The van der Waals surface area contributed by atoms with Crippen LogP contribution in [0.4, 0.5) is 5.95 Å². The van der Waals surface area contributed by atoms with Crippen molar-refractivity contribution < 1.29 is 22.4 Å². The van der Waals surface area contributed by atoms with E-state index in [4.69, 9.17) is 14.0 Å². The third-order valence-electron chi connectivity index (χ3n) is 6.34. The Kier molecular flexibility index (Phi) is 9.10. The van der Waals surface area contributed by atoms with Crippen molar-refractivity contribution in [2.45, 2.75) is 65.4 Å². The van der Waals surface area contributed by atoms with Gasteiger partial charge in [-0.2, -0.15) is 0 Å². The standard InChI is InChI=1S/C26H34N8O5S/c1-7-12-38-23(24-27-13-16(3)14-28-24)18(5)40(35,36)33-26-31-30-25(21-10-9-11-22(29-21)37-6)34(26)15-19-17(4)39-32-20(19)8-2/h9-11,13-14,18,23H,7-8,12,15H2,1-6H3,(H,31,33)/t18-,23+/m0/s1. The molecule has 0 bridgehead atoms. The van der Waals surface area contributed by atoms with E-state index in [0.29, 0.717) is 42.6 Å². The largest absolute Gasteiger partial charge is 0.481 e. The number of pyridine rings is 1. The van der Waals surface area contributed by atoms with Crippen LogP contribution in [0.1, 0.15) is 61.7 Å². The molecule has 0 fully saturated rings. The number of rotatable bonds is 13. The molecule has 4 aromatic heterocycles. The van der Waals surface area contributed by atoms with Gasteiger partial charge < -0.3 is 14.0 Å². The Balaban J connectivity index is 1.74. The van der Waals surface area contributed by atoms with Gasteiger partial charge in [-0.3, -0.25) is 9.29 Å². The van der Waals surface area contributed by atoms with E-state index in [1.54, 1.807) is 49.0 Å². The lowest BCUT2D eigenvalue weighted by Gasteiger charge is -2.23. The number of sulfonamides is 1. The predicted octanol–water partition coefficient (Wildman–Crippen LogP) is 3.65. The topological polar surface area (TPSA) is 160 Å². The van der Waals surface area contributed by atoms with Crippen LogP contribution in [0.15, 0.2) is 35.1 Å². The van der Waals surface area contributed by atoms with Crippen molar-refractivity contribution in [2.24, 2.45) is 0 Å². The lowest BCUT2D eigenvalue weighted by atomic mass is 10.1. The van der Waals surface area contributed by atoms with Crippen molar-refractivity contribution in [1.29, 1.82) is 0 Å². The summed E-state index contributed by atoms with van der Waals surface area (Å²) >= 11 is 0. The highest BCUT2D eigenvalue weighted by molar-refractivity contribution is 7.93. The maximum absolute atomic E-state index is 13.7. The lowest BCUT2D eigenvalue weighted by Crippen LogP contribution is -2.34. The molecule has 4 heterocycles. The fourth-order valence-corrected chi connectivity index (χ4v) is 5.16. The molecule has 0 aliphatic carbocycles. The Morgan fingerprint density at radius 3 is 2.55 bits per heavy atom. The van der Waals surface area contributed by atoms with Crippen molar-refractivity contribution in [1.82, 2.24) is 34.9 Å². The number of hydrogen-bond acceptors (Lipinski definition) is 11. The minimum Gasteiger partial charge on any atom is -0.481 e. The zero-order valence-electron chi connectivity index (χ0n) is 23.4. The van der Waals surface area contributed by atoms with E-state index in [1.807, 2.05) is 20.8 Å². The molecule has 0 radical (unpaired) electrons. The fraction of sp³-hybridized carbons (Fsp3) is 0.462. The molecule has 2 atom stereocenters. The van der Waals surface area contributed by atoms with Crippen LogP contribution >= 0.6 is 0 Å². The fourth-order valence-electron chi connectivity index (χ4n) is 4.04. The molecule has 40 heavy (non-hydrogen) atoms. The Hall–Kier alpha value is -3.91. The molecule has 4 aromatic rings. The molecule has 0 amide bonds. The average Bonchev–Trinajstić information content (AvgIpc) is 3.51.